The van der Waals surface area contributed by atoms with Gasteiger partial charge in [-0.1, -0.05) is 42.1 Å². The summed E-state index contributed by atoms with van der Waals surface area (Å²) in [7, 11) is 0. The molecule has 7 nitrogen and oxygen atoms in total. The molecule has 0 radical (unpaired) electrons. The maximum atomic E-state index is 12.1. The van der Waals surface area contributed by atoms with E-state index in [1.165, 1.54) is 17.3 Å². The van der Waals surface area contributed by atoms with Crippen LogP contribution in [0, 0.1) is 0 Å². The summed E-state index contributed by atoms with van der Waals surface area (Å²) in [6.45, 7) is 5.21. The molecule has 0 aliphatic carbocycles. The van der Waals surface area contributed by atoms with E-state index in [4.69, 9.17) is 0 Å². The molecule has 3 aromatic rings. The maximum absolute atomic E-state index is 12.1. The summed E-state index contributed by atoms with van der Waals surface area (Å²) in [5.41, 5.74) is 2.00. The van der Waals surface area contributed by atoms with E-state index in [1.54, 1.807) is 18.0 Å². The number of fused-ring (bicyclic) bond motifs is 1. The molecule has 0 aliphatic rings. The van der Waals surface area contributed by atoms with E-state index in [-0.39, 0.29) is 11.9 Å². The van der Waals surface area contributed by atoms with Gasteiger partial charge in [-0.25, -0.2) is 14.6 Å². The number of aromatic nitrogens is 4. The number of anilines is 1. The fourth-order valence-corrected chi connectivity index (χ4v) is 3.94. The Morgan fingerprint density at radius 2 is 2.00 bits per heavy atom. The van der Waals surface area contributed by atoms with E-state index in [0.29, 0.717) is 24.0 Å². The standard InChI is InChI=1S/C20H26N6OS2/c1-14(2)23-18-16-11-22-26(19(16)25-20(24-18)28-3)10-9-21-17(27)13-29-12-15-7-5-4-6-8-15/h4-8,11,14H,9-10,12-13H2,1-3H3,(H,21,27)(H,23,24,25). The van der Waals surface area contributed by atoms with Crippen LogP contribution in [0.2, 0.25) is 0 Å². The first-order chi connectivity index (χ1) is 14.1. The van der Waals surface area contributed by atoms with Crippen LogP contribution in [0.3, 0.4) is 0 Å². The van der Waals surface area contributed by atoms with E-state index >= 15 is 0 Å². The van der Waals surface area contributed by atoms with E-state index in [0.717, 1.165) is 22.6 Å². The Kier molecular flexibility index (Phi) is 7.76. The Hall–Kier alpha value is -2.26. The minimum atomic E-state index is 0.0315. The molecule has 2 N–H and O–H groups in total. The molecule has 0 bridgehead atoms. The molecule has 9 heteroatoms. The number of hydrogen-bond donors (Lipinski definition) is 2. The van der Waals surface area contributed by atoms with Crippen molar-refractivity contribution < 1.29 is 4.79 Å². The quantitative estimate of drug-likeness (QED) is 0.377. The number of hydrogen-bond acceptors (Lipinski definition) is 7. The van der Waals surface area contributed by atoms with Crippen molar-refractivity contribution in [1.82, 2.24) is 25.1 Å². The SMILES string of the molecule is CSc1nc(NC(C)C)c2cnn(CCNC(=O)CSCc3ccccc3)c2n1. The summed E-state index contributed by atoms with van der Waals surface area (Å²) in [5, 5.41) is 12.4. The average Bonchev–Trinajstić information content (AvgIpc) is 3.11. The van der Waals surface area contributed by atoms with Gasteiger partial charge < -0.3 is 10.6 Å². The van der Waals surface area contributed by atoms with Crippen LogP contribution in [0.4, 0.5) is 5.82 Å². The summed E-state index contributed by atoms with van der Waals surface area (Å²) in [5.74, 6) is 2.10. The van der Waals surface area contributed by atoms with Crippen molar-refractivity contribution in [2.45, 2.75) is 37.3 Å². The van der Waals surface area contributed by atoms with Gasteiger partial charge in [-0.15, -0.1) is 11.8 Å². The summed E-state index contributed by atoms with van der Waals surface area (Å²) < 4.78 is 1.82. The predicted octanol–water partition coefficient (Wildman–Crippen LogP) is 3.42. The van der Waals surface area contributed by atoms with Gasteiger partial charge in [-0.05, 0) is 25.7 Å². The first-order valence-corrected chi connectivity index (χ1v) is 11.9. The number of nitrogens with zero attached hydrogens (tertiary/aromatic N) is 4. The molecular weight excluding hydrogens is 404 g/mol. The molecule has 2 heterocycles. The van der Waals surface area contributed by atoms with Crippen molar-refractivity contribution in [1.29, 1.82) is 0 Å². The first kappa shape index (κ1) is 21.4. The van der Waals surface area contributed by atoms with Crippen LogP contribution in [0.1, 0.15) is 19.4 Å². The van der Waals surface area contributed by atoms with Gasteiger partial charge in [-0.2, -0.15) is 5.10 Å². The van der Waals surface area contributed by atoms with Crippen LogP contribution >= 0.6 is 23.5 Å². The lowest BCUT2D eigenvalue weighted by Crippen LogP contribution is -2.29. The summed E-state index contributed by atoms with van der Waals surface area (Å²) in [6.07, 6.45) is 3.73. The van der Waals surface area contributed by atoms with Crippen molar-refractivity contribution in [2.75, 3.05) is 23.9 Å². The zero-order valence-electron chi connectivity index (χ0n) is 16.9. The van der Waals surface area contributed by atoms with Gasteiger partial charge in [0.1, 0.15) is 5.82 Å². The van der Waals surface area contributed by atoms with Gasteiger partial charge >= 0.3 is 0 Å². The summed E-state index contributed by atoms with van der Waals surface area (Å²) in [6, 6.07) is 10.4. The van der Waals surface area contributed by atoms with E-state index in [9.17, 15) is 4.79 Å². The topological polar surface area (TPSA) is 84.7 Å². The normalized spacial score (nSPS) is 11.2. The number of carbonyl (C=O) groups excluding carboxylic acids is 1. The lowest BCUT2D eigenvalue weighted by atomic mass is 10.2. The number of nitrogens with one attached hydrogen (secondary N) is 2. The van der Waals surface area contributed by atoms with Gasteiger partial charge in [0.25, 0.3) is 0 Å². The Balaban J connectivity index is 1.54. The molecule has 3 rings (SSSR count). The van der Waals surface area contributed by atoms with Crippen LogP contribution in [0.5, 0.6) is 0 Å². The minimum absolute atomic E-state index is 0.0315. The van der Waals surface area contributed by atoms with Gasteiger partial charge in [0.2, 0.25) is 5.91 Å². The molecule has 29 heavy (non-hydrogen) atoms. The zero-order chi connectivity index (χ0) is 20.6. The van der Waals surface area contributed by atoms with Crippen molar-refractivity contribution >= 4 is 46.3 Å². The molecule has 0 aliphatic heterocycles. The molecule has 2 aromatic heterocycles. The molecule has 154 valence electrons. The molecular formula is C20H26N6OS2. The highest BCUT2D eigenvalue weighted by molar-refractivity contribution is 7.99. The van der Waals surface area contributed by atoms with E-state index in [1.807, 2.05) is 29.1 Å². The van der Waals surface area contributed by atoms with Gasteiger partial charge in [-0.3, -0.25) is 4.79 Å². The maximum Gasteiger partial charge on any atom is 0.230 e. The third kappa shape index (κ3) is 6.11. The molecule has 0 saturated heterocycles. The van der Waals surface area contributed by atoms with Crippen LogP contribution in [-0.2, 0) is 17.1 Å². The number of rotatable bonds is 10. The smallest absolute Gasteiger partial charge is 0.230 e. The minimum Gasteiger partial charge on any atom is -0.367 e. The highest BCUT2D eigenvalue weighted by atomic mass is 32.2. The number of thioether (sulfide) groups is 2. The lowest BCUT2D eigenvalue weighted by molar-refractivity contribution is -0.118. The van der Waals surface area contributed by atoms with E-state index < -0.39 is 0 Å². The third-order valence-electron chi connectivity index (χ3n) is 4.07. The second-order valence-electron chi connectivity index (χ2n) is 6.79. The highest BCUT2D eigenvalue weighted by Gasteiger charge is 2.13. The molecule has 0 spiro atoms. The fourth-order valence-electron chi connectivity index (χ4n) is 2.76. The summed E-state index contributed by atoms with van der Waals surface area (Å²) >= 11 is 3.11. The lowest BCUT2D eigenvalue weighted by Gasteiger charge is -2.11. The van der Waals surface area contributed by atoms with Crippen LogP contribution in [0.25, 0.3) is 11.0 Å². The molecule has 0 saturated carbocycles. The van der Waals surface area contributed by atoms with Gasteiger partial charge in [0.05, 0.1) is 23.9 Å². The second-order valence-corrected chi connectivity index (χ2v) is 8.55. The Bertz CT molecular complexity index is 945. The summed E-state index contributed by atoms with van der Waals surface area (Å²) in [4.78, 5) is 21.3. The third-order valence-corrected chi connectivity index (χ3v) is 5.63. The number of amides is 1. The van der Waals surface area contributed by atoms with Gasteiger partial charge in [0.15, 0.2) is 10.8 Å². The Labute approximate surface area is 179 Å². The largest absolute Gasteiger partial charge is 0.367 e. The van der Waals surface area contributed by atoms with Gasteiger partial charge in [0, 0.05) is 18.3 Å². The predicted molar refractivity (Wildman–Crippen MR) is 121 cm³/mol. The van der Waals surface area contributed by atoms with Crippen molar-refractivity contribution in [2.24, 2.45) is 0 Å². The zero-order valence-corrected chi connectivity index (χ0v) is 18.5. The molecule has 1 amide bonds. The number of carbonyl (C=O) groups is 1. The van der Waals surface area contributed by atoms with Crippen LogP contribution in [-0.4, -0.2) is 50.3 Å². The highest BCUT2D eigenvalue weighted by Crippen LogP contribution is 2.23. The Morgan fingerprint density at radius 3 is 2.72 bits per heavy atom. The average molecular weight is 431 g/mol. The van der Waals surface area contributed by atoms with Crippen molar-refractivity contribution in [3.05, 3.63) is 42.1 Å². The monoisotopic (exact) mass is 430 g/mol. The molecule has 1 aromatic carbocycles. The second kappa shape index (κ2) is 10.5. The Morgan fingerprint density at radius 1 is 1.21 bits per heavy atom. The first-order valence-electron chi connectivity index (χ1n) is 9.49. The molecule has 0 unspecified atom stereocenters. The van der Waals surface area contributed by atoms with E-state index in [2.05, 4.69) is 51.7 Å². The number of benzene rings is 1. The van der Waals surface area contributed by atoms with Crippen LogP contribution in [0.15, 0.2) is 41.7 Å². The fraction of sp³-hybridized carbons (Fsp3) is 0.400. The molecule has 0 atom stereocenters. The van der Waals surface area contributed by atoms with Crippen molar-refractivity contribution in [3.63, 3.8) is 0 Å². The van der Waals surface area contributed by atoms with Crippen LogP contribution < -0.4 is 10.6 Å². The molecule has 0 fully saturated rings. The van der Waals surface area contributed by atoms with Crippen molar-refractivity contribution in [3.8, 4) is 0 Å².